The molecule has 4 aliphatic heterocycles. The summed E-state index contributed by atoms with van der Waals surface area (Å²) in [7, 11) is 2.22. The van der Waals surface area contributed by atoms with E-state index in [1.807, 2.05) is 0 Å². The maximum Gasteiger partial charge on any atom is 0.231 e. The molecule has 5 nitrogen and oxygen atoms in total. The normalized spacial score (nSPS) is 25.4. The Balaban J connectivity index is 1.51. The average Bonchev–Trinajstić information content (AvgIpc) is 3.21. The van der Waals surface area contributed by atoms with Crippen molar-refractivity contribution in [3.63, 3.8) is 0 Å². The monoisotopic (exact) mass is 323 g/mol. The van der Waals surface area contributed by atoms with Gasteiger partial charge in [0, 0.05) is 12.1 Å². The number of rotatable bonds is 0. The fraction of sp³-hybridized carbons (Fsp3) is 0.368. The van der Waals surface area contributed by atoms with Gasteiger partial charge in [-0.1, -0.05) is 0 Å². The van der Waals surface area contributed by atoms with Gasteiger partial charge in [0.1, 0.15) is 0 Å². The quantitative estimate of drug-likeness (QED) is 0.745. The molecule has 2 aromatic carbocycles. The second kappa shape index (κ2) is 4.36. The molecule has 0 aliphatic carbocycles. The fourth-order valence-electron chi connectivity index (χ4n) is 4.55. The summed E-state index contributed by atoms with van der Waals surface area (Å²) in [5.74, 6) is 3.50. The molecule has 2 bridgehead atoms. The van der Waals surface area contributed by atoms with Crippen LogP contribution in [-0.4, -0.2) is 25.5 Å². The Morgan fingerprint density at radius 3 is 1.58 bits per heavy atom. The lowest BCUT2D eigenvalue weighted by molar-refractivity contribution is 0.137. The zero-order chi connectivity index (χ0) is 15.8. The van der Waals surface area contributed by atoms with Crippen LogP contribution in [0.3, 0.4) is 0 Å². The Labute approximate surface area is 139 Å². The van der Waals surface area contributed by atoms with Crippen LogP contribution in [0, 0.1) is 0 Å². The van der Waals surface area contributed by atoms with Crippen molar-refractivity contribution in [1.82, 2.24) is 4.90 Å². The second-order valence-electron chi connectivity index (χ2n) is 6.91. The number of nitrogens with zero attached hydrogens (tertiary/aromatic N) is 1. The van der Waals surface area contributed by atoms with E-state index >= 15 is 0 Å². The van der Waals surface area contributed by atoms with Crippen LogP contribution in [0.15, 0.2) is 24.3 Å². The van der Waals surface area contributed by atoms with E-state index in [1.165, 1.54) is 22.3 Å². The predicted octanol–water partition coefficient (Wildman–Crippen LogP) is 2.97. The molecule has 0 amide bonds. The van der Waals surface area contributed by atoms with Crippen LogP contribution in [0.1, 0.15) is 34.3 Å². The third kappa shape index (κ3) is 1.58. The molecule has 2 atom stereocenters. The van der Waals surface area contributed by atoms with Gasteiger partial charge in [-0.05, 0) is 66.4 Å². The number of hydrogen-bond donors (Lipinski definition) is 0. The maximum atomic E-state index is 5.59. The lowest BCUT2D eigenvalue weighted by atomic mass is 9.76. The molecule has 0 radical (unpaired) electrons. The first-order valence-corrected chi connectivity index (χ1v) is 8.35. The van der Waals surface area contributed by atoms with Gasteiger partial charge in [-0.2, -0.15) is 0 Å². The smallest absolute Gasteiger partial charge is 0.231 e. The molecule has 5 heteroatoms. The molecule has 0 aromatic heterocycles. The Kier molecular flexibility index (Phi) is 2.35. The highest BCUT2D eigenvalue weighted by Gasteiger charge is 2.40. The molecule has 0 unspecified atom stereocenters. The Hall–Kier alpha value is -2.40. The minimum absolute atomic E-state index is 0.323. The topological polar surface area (TPSA) is 40.2 Å². The van der Waals surface area contributed by atoms with Crippen LogP contribution in [0.25, 0.3) is 0 Å². The summed E-state index contributed by atoms with van der Waals surface area (Å²) in [6.07, 6.45) is 1.96. The summed E-state index contributed by atoms with van der Waals surface area (Å²) in [5, 5.41) is 0. The first kappa shape index (κ1) is 13.0. The van der Waals surface area contributed by atoms with Crippen molar-refractivity contribution in [3.05, 3.63) is 46.5 Å². The van der Waals surface area contributed by atoms with Gasteiger partial charge in [0.25, 0.3) is 0 Å². The standard InChI is InChI=1S/C19H17NO4/c1-20-14-2-10-4-16-18(23-8-21-16)6-12(10)15(20)3-11-5-17-19(7-13(11)14)24-9-22-17/h4-7,14-15H,2-3,8-9H2,1H3/t14-,15-/m1/s1. The van der Waals surface area contributed by atoms with E-state index in [1.54, 1.807) is 0 Å². The fourth-order valence-corrected chi connectivity index (χ4v) is 4.55. The number of fused-ring (bicyclic) bond motifs is 8. The molecule has 0 saturated heterocycles. The summed E-state index contributed by atoms with van der Waals surface area (Å²) in [4.78, 5) is 2.48. The molecule has 4 heterocycles. The molecule has 0 saturated carbocycles. The average molecular weight is 323 g/mol. The van der Waals surface area contributed by atoms with E-state index in [2.05, 4.69) is 36.2 Å². The van der Waals surface area contributed by atoms with E-state index < -0.39 is 0 Å². The molecule has 0 spiro atoms. The van der Waals surface area contributed by atoms with Crippen molar-refractivity contribution >= 4 is 0 Å². The number of hydrogen-bond acceptors (Lipinski definition) is 5. The highest BCUT2D eigenvalue weighted by Crippen LogP contribution is 2.51. The van der Waals surface area contributed by atoms with Crippen molar-refractivity contribution in [2.24, 2.45) is 0 Å². The summed E-state index contributed by atoms with van der Waals surface area (Å²) in [6.45, 7) is 0.646. The summed E-state index contributed by atoms with van der Waals surface area (Å²) < 4.78 is 22.3. The SMILES string of the molecule is CN1[C@@H]2Cc3cc4c(cc3[C@H]1Cc1cc3c(cc12)OCO3)OCO4. The van der Waals surface area contributed by atoms with E-state index in [0.717, 1.165) is 35.8 Å². The predicted molar refractivity (Wildman–Crippen MR) is 85.8 cm³/mol. The number of ether oxygens (including phenoxy) is 4. The van der Waals surface area contributed by atoms with Crippen molar-refractivity contribution in [1.29, 1.82) is 0 Å². The van der Waals surface area contributed by atoms with E-state index in [0.29, 0.717) is 25.7 Å². The molecule has 24 heavy (non-hydrogen) atoms. The van der Waals surface area contributed by atoms with Gasteiger partial charge in [0.2, 0.25) is 13.6 Å². The zero-order valence-corrected chi connectivity index (χ0v) is 13.4. The summed E-state index contributed by atoms with van der Waals surface area (Å²) in [5.41, 5.74) is 5.47. The summed E-state index contributed by atoms with van der Waals surface area (Å²) >= 11 is 0. The van der Waals surface area contributed by atoms with Crippen molar-refractivity contribution in [2.45, 2.75) is 24.9 Å². The van der Waals surface area contributed by atoms with E-state index in [9.17, 15) is 0 Å². The van der Waals surface area contributed by atoms with Crippen LogP contribution in [-0.2, 0) is 12.8 Å². The Morgan fingerprint density at radius 2 is 1.12 bits per heavy atom. The van der Waals surface area contributed by atoms with Crippen LogP contribution in [0.5, 0.6) is 23.0 Å². The summed E-state index contributed by atoms with van der Waals surface area (Å²) in [6, 6.07) is 9.41. The number of likely N-dealkylation sites (N-methyl/N-ethyl adjacent to an activating group) is 1. The van der Waals surface area contributed by atoms with Gasteiger partial charge in [-0.25, -0.2) is 0 Å². The van der Waals surface area contributed by atoms with E-state index in [-0.39, 0.29) is 0 Å². The molecule has 2 aromatic rings. The lowest BCUT2D eigenvalue weighted by Gasteiger charge is -2.46. The third-order valence-electron chi connectivity index (χ3n) is 5.80. The zero-order valence-electron chi connectivity index (χ0n) is 13.4. The van der Waals surface area contributed by atoms with Crippen molar-refractivity contribution < 1.29 is 18.9 Å². The van der Waals surface area contributed by atoms with Crippen LogP contribution >= 0.6 is 0 Å². The largest absolute Gasteiger partial charge is 0.454 e. The Morgan fingerprint density at radius 1 is 0.708 bits per heavy atom. The second-order valence-corrected chi connectivity index (χ2v) is 6.91. The molecular weight excluding hydrogens is 306 g/mol. The van der Waals surface area contributed by atoms with Gasteiger partial charge >= 0.3 is 0 Å². The maximum absolute atomic E-state index is 5.59. The number of benzene rings is 2. The highest BCUT2D eigenvalue weighted by atomic mass is 16.7. The van der Waals surface area contributed by atoms with Crippen LogP contribution < -0.4 is 18.9 Å². The highest BCUT2D eigenvalue weighted by molar-refractivity contribution is 5.56. The first-order chi connectivity index (χ1) is 11.8. The van der Waals surface area contributed by atoms with Crippen LogP contribution in [0.4, 0.5) is 0 Å². The minimum Gasteiger partial charge on any atom is -0.454 e. The molecule has 6 rings (SSSR count). The minimum atomic E-state index is 0.323. The first-order valence-electron chi connectivity index (χ1n) is 8.35. The van der Waals surface area contributed by atoms with Gasteiger partial charge in [-0.15, -0.1) is 0 Å². The van der Waals surface area contributed by atoms with Crippen molar-refractivity contribution in [2.75, 3.05) is 20.6 Å². The molecule has 0 fully saturated rings. The van der Waals surface area contributed by atoms with Gasteiger partial charge in [-0.3, -0.25) is 4.90 Å². The lowest BCUT2D eigenvalue weighted by Crippen LogP contribution is -2.40. The molecule has 4 aliphatic rings. The third-order valence-corrected chi connectivity index (χ3v) is 5.80. The molecule has 0 N–H and O–H groups in total. The Bertz CT molecular complexity index is 807. The van der Waals surface area contributed by atoms with Crippen LogP contribution in [0.2, 0.25) is 0 Å². The van der Waals surface area contributed by atoms with Crippen molar-refractivity contribution in [3.8, 4) is 23.0 Å². The molecule has 122 valence electrons. The van der Waals surface area contributed by atoms with Gasteiger partial charge in [0.05, 0.1) is 0 Å². The van der Waals surface area contributed by atoms with Gasteiger partial charge in [0.15, 0.2) is 23.0 Å². The molecular formula is C19H17NO4. The van der Waals surface area contributed by atoms with E-state index in [4.69, 9.17) is 18.9 Å². The van der Waals surface area contributed by atoms with Gasteiger partial charge < -0.3 is 18.9 Å².